The topological polar surface area (TPSA) is 68.8 Å². The van der Waals surface area contributed by atoms with Crippen LogP contribution in [-0.2, 0) is 10.7 Å². The third-order valence-electron chi connectivity index (χ3n) is 5.69. The molecule has 0 spiro atoms. The first kappa shape index (κ1) is 30.0. The summed E-state index contributed by atoms with van der Waals surface area (Å²) in [7, 11) is -4.30. The van der Waals surface area contributed by atoms with Gasteiger partial charge in [-0.25, -0.2) is 4.57 Å². The molecule has 6 nitrogen and oxygen atoms in total. The van der Waals surface area contributed by atoms with Crippen molar-refractivity contribution in [3.63, 3.8) is 0 Å². The lowest BCUT2D eigenvalue weighted by atomic mass is 10.1. The van der Waals surface area contributed by atoms with Crippen molar-refractivity contribution in [1.29, 1.82) is 0 Å². The van der Waals surface area contributed by atoms with Gasteiger partial charge in [-0.15, -0.1) is 0 Å². The number of hydrogen-bond acceptors (Lipinski definition) is 5. The van der Waals surface area contributed by atoms with E-state index in [0.29, 0.717) is 24.3 Å². The van der Waals surface area contributed by atoms with Crippen molar-refractivity contribution in [2.75, 3.05) is 11.9 Å². The lowest BCUT2D eigenvalue weighted by Gasteiger charge is -2.30. The number of hydrogen-bond donors (Lipinski definition) is 2. The summed E-state index contributed by atoms with van der Waals surface area (Å²) >= 11 is 5.46. The van der Waals surface area contributed by atoms with Crippen molar-refractivity contribution in [2.45, 2.75) is 25.3 Å². The van der Waals surface area contributed by atoms with Gasteiger partial charge in [0, 0.05) is 5.56 Å². The summed E-state index contributed by atoms with van der Waals surface area (Å²) in [6.07, 6.45) is -3.92. The van der Waals surface area contributed by atoms with Crippen LogP contribution in [0.1, 0.15) is 30.3 Å². The average Bonchev–Trinajstić information content (AvgIpc) is 2.96. The molecule has 0 aliphatic carbocycles. The van der Waals surface area contributed by atoms with Crippen LogP contribution in [0.4, 0.5) is 18.9 Å². The Morgan fingerprint density at radius 3 is 1.95 bits per heavy atom. The number of ether oxygens (including phenoxy) is 1. The van der Waals surface area contributed by atoms with Crippen molar-refractivity contribution in [1.82, 2.24) is 5.32 Å². The Morgan fingerprint density at radius 1 is 0.829 bits per heavy atom. The zero-order valence-corrected chi connectivity index (χ0v) is 23.7. The number of thiocarbonyl (C=S) groups is 1. The van der Waals surface area contributed by atoms with Gasteiger partial charge in [-0.1, -0.05) is 73.7 Å². The second-order valence-corrected chi connectivity index (χ2v) is 11.1. The van der Waals surface area contributed by atoms with Crippen LogP contribution in [0.2, 0.25) is 0 Å². The van der Waals surface area contributed by atoms with Gasteiger partial charge in [0.2, 0.25) is 0 Å². The highest BCUT2D eigenvalue weighted by Crippen LogP contribution is 2.60. The minimum atomic E-state index is -4.62. The van der Waals surface area contributed by atoms with Crippen molar-refractivity contribution < 1.29 is 31.5 Å². The summed E-state index contributed by atoms with van der Waals surface area (Å²) in [4.78, 5) is 0. The molecule has 0 unspecified atom stereocenters. The molecule has 4 aromatic rings. The lowest BCUT2D eigenvalue weighted by molar-refractivity contribution is -0.136. The maximum atomic E-state index is 14.9. The minimum absolute atomic E-state index is 0.231. The van der Waals surface area contributed by atoms with E-state index in [1.54, 1.807) is 84.9 Å². The first-order chi connectivity index (χ1) is 19.7. The van der Waals surface area contributed by atoms with Gasteiger partial charge >= 0.3 is 13.8 Å². The number of para-hydroxylation sites is 4. The highest BCUT2D eigenvalue weighted by atomic mass is 32.1. The van der Waals surface area contributed by atoms with E-state index in [-0.39, 0.29) is 22.3 Å². The Morgan fingerprint density at radius 2 is 1.37 bits per heavy atom. The average molecular weight is 601 g/mol. The van der Waals surface area contributed by atoms with E-state index < -0.39 is 25.1 Å². The Bertz CT molecular complexity index is 1440. The monoisotopic (exact) mass is 600 g/mol. The van der Waals surface area contributed by atoms with Gasteiger partial charge in [-0.2, -0.15) is 13.2 Å². The molecule has 0 radical (unpaired) electrons. The standard InChI is InChI=1S/C30H28F3N2O4PS/c1-2-21-37-27-20-12-9-17-24(27)28(35-29(41)34-26-19-11-10-18-25(26)30(31,32)33)40(36,38-22-13-5-3-6-14-22)39-23-15-7-4-8-16-23/h3-20,28H,2,21H2,1H3,(H2,34,35,41)/t28-/m0/s1. The largest absolute Gasteiger partial charge is 0.493 e. The maximum absolute atomic E-state index is 14.9. The van der Waals surface area contributed by atoms with E-state index in [4.69, 9.17) is 26.0 Å². The number of nitrogens with one attached hydrogen (secondary N) is 2. The summed E-state index contributed by atoms with van der Waals surface area (Å²) in [5, 5.41) is 5.29. The summed E-state index contributed by atoms with van der Waals surface area (Å²) in [5.74, 6) is -0.397. The molecular formula is C30H28F3N2O4PS. The molecule has 2 N–H and O–H groups in total. The molecule has 0 aromatic heterocycles. The molecule has 1 atom stereocenters. The van der Waals surface area contributed by atoms with Crippen LogP contribution in [0.3, 0.4) is 0 Å². The van der Waals surface area contributed by atoms with E-state index in [0.717, 1.165) is 6.07 Å². The van der Waals surface area contributed by atoms with Crippen LogP contribution in [-0.4, -0.2) is 11.7 Å². The van der Waals surface area contributed by atoms with E-state index in [1.807, 2.05) is 6.92 Å². The molecule has 0 heterocycles. The van der Waals surface area contributed by atoms with Gasteiger partial charge in [-0.05, 0) is 61.1 Å². The van der Waals surface area contributed by atoms with Crippen LogP contribution in [0.15, 0.2) is 109 Å². The Hall–Kier alpha value is -4.01. The Kier molecular flexibility index (Phi) is 9.91. The normalized spacial score (nSPS) is 12.2. The smallest absolute Gasteiger partial charge is 0.457 e. The van der Waals surface area contributed by atoms with Crippen LogP contribution in [0.5, 0.6) is 17.2 Å². The Labute approximate surface area is 242 Å². The molecular weight excluding hydrogens is 572 g/mol. The summed E-state index contributed by atoms with van der Waals surface area (Å²) in [5.41, 5.74) is -0.796. The molecule has 0 saturated heterocycles. The van der Waals surface area contributed by atoms with Gasteiger partial charge in [0.25, 0.3) is 0 Å². The molecule has 41 heavy (non-hydrogen) atoms. The molecule has 0 aliphatic heterocycles. The molecule has 0 bridgehead atoms. The van der Waals surface area contributed by atoms with Gasteiger partial charge < -0.3 is 24.4 Å². The predicted octanol–water partition coefficient (Wildman–Crippen LogP) is 8.83. The van der Waals surface area contributed by atoms with Crippen LogP contribution < -0.4 is 24.4 Å². The van der Waals surface area contributed by atoms with Crippen LogP contribution in [0.25, 0.3) is 0 Å². The summed E-state index contributed by atoms with van der Waals surface area (Å²) in [6, 6.07) is 28.6. The number of alkyl halides is 3. The first-order valence-electron chi connectivity index (χ1n) is 12.7. The van der Waals surface area contributed by atoms with E-state index in [2.05, 4.69) is 10.6 Å². The fourth-order valence-electron chi connectivity index (χ4n) is 3.88. The van der Waals surface area contributed by atoms with E-state index in [1.165, 1.54) is 18.2 Å². The Balaban J connectivity index is 1.79. The number of rotatable bonds is 11. The van der Waals surface area contributed by atoms with Gasteiger partial charge in [0.15, 0.2) is 10.9 Å². The molecule has 11 heteroatoms. The van der Waals surface area contributed by atoms with Crippen LogP contribution in [0, 0.1) is 0 Å². The second-order valence-electron chi connectivity index (χ2n) is 8.78. The fraction of sp³-hybridized carbons (Fsp3) is 0.167. The number of anilines is 1. The van der Waals surface area contributed by atoms with E-state index >= 15 is 0 Å². The zero-order chi connectivity index (χ0) is 29.3. The second kappa shape index (κ2) is 13.6. The van der Waals surface area contributed by atoms with Crippen molar-refractivity contribution in [2.24, 2.45) is 0 Å². The predicted molar refractivity (Wildman–Crippen MR) is 158 cm³/mol. The van der Waals surface area contributed by atoms with Crippen molar-refractivity contribution >= 4 is 30.6 Å². The molecule has 4 rings (SSSR count). The summed E-state index contributed by atoms with van der Waals surface area (Å²) in [6.45, 7) is 2.31. The number of halogens is 3. The molecule has 4 aromatic carbocycles. The minimum Gasteiger partial charge on any atom is -0.493 e. The highest BCUT2D eigenvalue weighted by molar-refractivity contribution is 7.80. The fourth-order valence-corrected chi connectivity index (χ4v) is 6.12. The third kappa shape index (κ3) is 8.02. The van der Waals surface area contributed by atoms with Crippen molar-refractivity contribution in [3.05, 3.63) is 120 Å². The molecule has 0 fully saturated rings. The molecule has 0 saturated carbocycles. The zero-order valence-electron chi connectivity index (χ0n) is 22.0. The van der Waals surface area contributed by atoms with Crippen molar-refractivity contribution in [3.8, 4) is 17.2 Å². The molecule has 214 valence electrons. The number of benzene rings is 4. The quantitative estimate of drug-likeness (QED) is 0.132. The summed E-state index contributed by atoms with van der Waals surface area (Å²) < 4.78 is 73.9. The van der Waals surface area contributed by atoms with Gasteiger partial charge in [0.05, 0.1) is 17.9 Å². The van der Waals surface area contributed by atoms with Gasteiger partial charge in [0.1, 0.15) is 17.2 Å². The van der Waals surface area contributed by atoms with Gasteiger partial charge in [-0.3, -0.25) is 0 Å². The van der Waals surface area contributed by atoms with E-state index in [9.17, 15) is 17.7 Å². The highest BCUT2D eigenvalue weighted by Gasteiger charge is 2.43. The maximum Gasteiger partial charge on any atom is 0.457 e. The van der Waals surface area contributed by atoms with Crippen LogP contribution >= 0.6 is 19.8 Å². The SMILES string of the molecule is CCCOc1ccccc1[C@@H](NC(=S)Nc1ccccc1C(F)(F)F)P(=O)(Oc1ccccc1)Oc1ccccc1. The third-order valence-corrected chi connectivity index (χ3v) is 7.88. The first-order valence-corrected chi connectivity index (χ1v) is 14.8. The molecule has 0 aliphatic rings. The molecule has 0 amide bonds. The lowest BCUT2D eigenvalue weighted by Crippen LogP contribution is -2.35.